The number of ether oxygens (including phenoxy) is 1. The fourth-order valence-electron chi connectivity index (χ4n) is 1.45. The number of nitrogen functional groups attached to an aromatic ring is 2. The van der Waals surface area contributed by atoms with Crippen LogP contribution in [-0.2, 0) is 9.53 Å². The summed E-state index contributed by atoms with van der Waals surface area (Å²) in [5.41, 5.74) is 10.2. The second-order valence-corrected chi connectivity index (χ2v) is 5.89. The van der Waals surface area contributed by atoms with E-state index in [2.05, 4.69) is 21.9 Å². The highest BCUT2D eigenvalue weighted by molar-refractivity contribution is 6.31. The molecule has 0 aliphatic heterocycles. The highest BCUT2D eigenvalue weighted by Crippen LogP contribution is 2.19. The van der Waals surface area contributed by atoms with Crippen molar-refractivity contribution in [3.8, 4) is 0 Å². The van der Waals surface area contributed by atoms with Gasteiger partial charge in [-0.3, -0.25) is 4.79 Å². The number of aromatic nitrogens is 2. The molecule has 0 fully saturated rings. The van der Waals surface area contributed by atoms with Crippen LogP contribution < -0.4 is 16.8 Å². The summed E-state index contributed by atoms with van der Waals surface area (Å²) >= 11 is 5.67. The normalized spacial score (nSPS) is 10.9. The Balaban J connectivity index is 2.71. The molecule has 0 bridgehead atoms. The molecule has 5 N–H and O–H groups in total. The van der Waals surface area contributed by atoms with Crippen LogP contribution in [-0.4, -0.2) is 27.4 Å². The molecule has 0 radical (unpaired) electrons. The molecule has 8 nitrogen and oxygen atoms in total. The molecule has 120 valence electrons. The van der Waals surface area contributed by atoms with E-state index in [1.807, 2.05) is 20.8 Å². The number of rotatable bonds is 4. The minimum Gasteiger partial charge on any atom is -0.426 e. The number of nitrogens with zero attached hydrogens (tertiary/aromatic N) is 2. The van der Waals surface area contributed by atoms with Gasteiger partial charge in [0.05, 0.1) is 6.42 Å². The second kappa shape index (κ2) is 6.61. The molecule has 0 saturated heterocycles. The van der Waals surface area contributed by atoms with Gasteiger partial charge < -0.3 is 21.5 Å². The molecule has 0 saturated carbocycles. The van der Waals surface area contributed by atoms with Gasteiger partial charge in [-0.1, -0.05) is 18.2 Å². The monoisotopic (exact) mass is 327 g/mol. The summed E-state index contributed by atoms with van der Waals surface area (Å²) < 4.78 is 4.92. The maximum atomic E-state index is 11.9. The standard InChI is InChI=1S/C13H18ClN5O3/c1-6(5-7(20)19-13(2,3)4)22-12(21)8-10(15)18-11(16)9(14)17-8/h1,5H2,2-4H3,(H,19,20)(H4,15,16,18). The van der Waals surface area contributed by atoms with Crippen molar-refractivity contribution in [2.75, 3.05) is 11.5 Å². The number of amides is 1. The Bertz CT molecular complexity index is 625. The molecule has 1 heterocycles. The lowest BCUT2D eigenvalue weighted by molar-refractivity contribution is -0.122. The molecule has 0 spiro atoms. The minimum absolute atomic E-state index is 0.0547. The third kappa shape index (κ3) is 5.21. The van der Waals surface area contributed by atoms with Gasteiger partial charge in [0.2, 0.25) is 5.91 Å². The van der Waals surface area contributed by atoms with Crippen molar-refractivity contribution >= 4 is 35.1 Å². The summed E-state index contributed by atoms with van der Waals surface area (Å²) in [6.45, 7) is 8.99. The maximum absolute atomic E-state index is 11.9. The van der Waals surface area contributed by atoms with Gasteiger partial charge in [-0.2, -0.15) is 0 Å². The Kier molecular flexibility index (Phi) is 5.32. The van der Waals surface area contributed by atoms with E-state index in [9.17, 15) is 9.59 Å². The first-order valence-electron chi connectivity index (χ1n) is 6.29. The summed E-state index contributed by atoms with van der Waals surface area (Å²) in [7, 11) is 0. The quantitative estimate of drug-likeness (QED) is 0.560. The van der Waals surface area contributed by atoms with Gasteiger partial charge in [0.1, 0.15) is 5.76 Å². The van der Waals surface area contributed by atoms with Crippen LogP contribution in [0.1, 0.15) is 37.7 Å². The number of anilines is 2. The zero-order chi connectivity index (χ0) is 17.1. The van der Waals surface area contributed by atoms with Crippen molar-refractivity contribution in [3.63, 3.8) is 0 Å². The van der Waals surface area contributed by atoms with E-state index in [1.165, 1.54) is 0 Å². The predicted octanol–water partition coefficient (Wildman–Crippen LogP) is 1.27. The van der Waals surface area contributed by atoms with Gasteiger partial charge in [0.15, 0.2) is 22.5 Å². The summed E-state index contributed by atoms with van der Waals surface area (Å²) in [5, 5.41) is 2.54. The van der Waals surface area contributed by atoms with E-state index in [1.54, 1.807) is 0 Å². The Morgan fingerprint density at radius 1 is 1.27 bits per heavy atom. The van der Waals surface area contributed by atoms with Crippen LogP contribution in [0, 0.1) is 0 Å². The molecular weight excluding hydrogens is 310 g/mol. The molecule has 1 rings (SSSR count). The van der Waals surface area contributed by atoms with Crippen LogP contribution in [0.15, 0.2) is 12.3 Å². The lowest BCUT2D eigenvalue weighted by Crippen LogP contribution is -2.40. The van der Waals surface area contributed by atoms with Crippen molar-refractivity contribution in [2.24, 2.45) is 0 Å². The van der Waals surface area contributed by atoms with Gasteiger partial charge in [0.25, 0.3) is 0 Å². The molecule has 0 atom stereocenters. The lowest BCUT2D eigenvalue weighted by Gasteiger charge is -2.20. The number of halogens is 1. The van der Waals surface area contributed by atoms with Crippen LogP contribution >= 0.6 is 11.6 Å². The summed E-state index contributed by atoms with van der Waals surface area (Å²) in [5.74, 6) is -1.63. The number of carbonyl (C=O) groups excluding carboxylic acids is 2. The molecule has 1 aromatic heterocycles. The van der Waals surface area contributed by atoms with Crippen LogP contribution in [0.4, 0.5) is 11.6 Å². The Morgan fingerprint density at radius 3 is 2.41 bits per heavy atom. The summed E-state index contributed by atoms with van der Waals surface area (Å²) in [4.78, 5) is 31.0. The number of nitrogens with one attached hydrogen (secondary N) is 1. The minimum atomic E-state index is -0.916. The van der Waals surface area contributed by atoms with E-state index < -0.39 is 11.5 Å². The van der Waals surface area contributed by atoms with Crippen LogP contribution in [0.5, 0.6) is 0 Å². The first-order chi connectivity index (χ1) is 9.99. The maximum Gasteiger partial charge on any atom is 0.365 e. The fourth-order valence-corrected chi connectivity index (χ4v) is 1.58. The van der Waals surface area contributed by atoms with Gasteiger partial charge >= 0.3 is 5.97 Å². The summed E-state index contributed by atoms with van der Waals surface area (Å²) in [6, 6.07) is 0. The van der Waals surface area contributed by atoms with Crippen LogP contribution in [0.3, 0.4) is 0 Å². The molecule has 1 amide bonds. The van der Waals surface area contributed by atoms with Crippen LogP contribution in [0.25, 0.3) is 0 Å². The van der Waals surface area contributed by atoms with Gasteiger partial charge in [-0.25, -0.2) is 14.8 Å². The van der Waals surface area contributed by atoms with Gasteiger partial charge in [-0.05, 0) is 20.8 Å². The highest BCUT2D eigenvalue weighted by atomic mass is 35.5. The topological polar surface area (TPSA) is 133 Å². The zero-order valence-corrected chi connectivity index (χ0v) is 13.3. The second-order valence-electron chi connectivity index (χ2n) is 5.54. The Morgan fingerprint density at radius 2 is 1.86 bits per heavy atom. The number of esters is 1. The molecule has 0 aliphatic rings. The van der Waals surface area contributed by atoms with Crippen molar-refractivity contribution in [2.45, 2.75) is 32.7 Å². The van der Waals surface area contributed by atoms with E-state index in [0.29, 0.717) is 0 Å². The number of hydrogen-bond donors (Lipinski definition) is 3. The van der Waals surface area contributed by atoms with Gasteiger partial charge in [0, 0.05) is 5.54 Å². The molecule has 0 aromatic carbocycles. The van der Waals surface area contributed by atoms with Crippen molar-refractivity contribution in [1.29, 1.82) is 0 Å². The molecule has 1 aromatic rings. The van der Waals surface area contributed by atoms with E-state index in [0.717, 1.165) is 0 Å². The van der Waals surface area contributed by atoms with Crippen LogP contribution in [0.2, 0.25) is 5.15 Å². The van der Waals surface area contributed by atoms with E-state index in [-0.39, 0.29) is 40.6 Å². The average Bonchev–Trinajstić information content (AvgIpc) is 2.30. The first kappa shape index (κ1) is 17.7. The van der Waals surface area contributed by atoms with E-state index in [4.69, 9.17) is 27.8 Å². The Hall–Kier alpha value is -2.35. The molecule has 0 unspecified atom stereocenters. The predicted molar refractivity (Wildman–Crippen MR) is 82.9 cm³/mol. The molecule has 0 aliphatic carbocycles. The van der Waals surface area contributed by atoms with Gasteiger partial charge in [-0.15, -0.1) is 0 Å². The largest absolute Gasteiger partial charge is 0.426 e. The first-order valence-corrected chi connectivity index (χ1v) is 6.67. The third-order valence-corrected chi connectivity index (χ3v) is 2.49. The van der Waals surface area contributed by atoms with E-state index >= 15 is 0 Å². The number of hydrogen-bond acceptors (Lipinski definition) is 7. The highest BCUT2D eigenvalue weighted by Gasteiger charge is 2.20. The smallest absolute Gasteiger partial charge is 0.365 e. The van der Waals surface area contributed by atoms with Crippen molar-refractivity contribution in [3.05, 3.63) is 23.2 Å². The summed E-state index contributed by atoms with van der Waals surface area (Å²) in [6.07, 6.45) is -0.182. The van der Waals surface area contributed by atoms with Crippen molar-refractivity contribution in [1.82, 2.24) is 15.3 Å². The number of carbonyl (C=O) groups is 2. The van der Waals surface area contributed by atoms with Crippen molar-refractivity contribution < 1.29 is 14.3 Å². The third-order valence-electron chi connectivity index (χ3n) is 2.21. The molecule has 9 heteroatoms. The fraction of sp³-hybridized carbons (Fsp3) is 0.385. The SMILES string of the molecule is C=C(CC(=O)NC(C)(C)C)OC(=O)c1nc(Cl)c(N)nc1N. The Labute approximate surface area is 132 Å². The number of nitrogens with two attached hydrogens (primary N) is 2. The lowest BCUT2D eigenvalue weighted by atomic mass is 10.1. The average molecular weight is 328 g/mol. The molecular formula is C13H18ClN5O3. The zero-order valence-electron chi connectivity index (χ0n) is 12.6. The molecule has 22 heavy (non-hydrogen) atoms.